The van der Waals surface area contributed by atoms with Gasteiger partial charge in [0.1, 0.15) is 100 Å². The first-order valence-electron chi connectivity index (χ1n) is 32.1. The van der Waals surface area contributed by atoms with Crippen molar-refractivity contribution >= 4 is 92.7 Å². The highest BCUT2D eigenvalue weighted by Gasteiger charge is 2.54. The molecule has 9 amide bonds. The molecule has 2 aliphatic heterocycles. The van der Waals surface area contributed by atoms with Gasteiger partial charge in [0.05, 0.1) is 78.9 Å². The largest absolute Gasteiger partial charge is 1.00 e. The molecule has 4 aromatic rings. The van der Waals surface area contributed by atoms with Crippen LogP contribution in [0.15, 0.2) is 23.3 Å². The summed E-state index contributed by atoms with van der Waals surface area (Å²) in [6.45, 7) is 3.01. The fourth-order valence-corrected chi connectivity index (χ4v) is 13.5. The molecule has 0 bridgehead atoms. The predicted molar refractivity (Wildman–Crippen MR) is 359 cm³/mol. The molecule has 10 unspecified atom stereocenters. The second kappa shape index (κ2) is 39.1. The Morgan fingerprint density at radius 3 is 2.12 bits per heavy atom. The lowest BCUT2D eigenvalue weighted by Crippen LogP contribution is -3.00. The lowest BCUT2D eigenvalue weighted by molar-refractivity contribution is -0.372. The van der Waals surface area contributed by atoms with Gasteiger partial charge >= 0.3 is 6.09 Å². The van der Waals surface area contributed by atoms with Crippen molar-refractivity contribution < 1.29 is 125 Å². The van der Waals surface area contributed by atoms with Crippen LogP contribution in [0.4, 0.5) is 10.6 Å². The topological polar surface area (TPSA) is 656 Å². The van der Waals surface area contributed by atoms with Gasteiger partial charge in [-0.1, -0.05) is 6.92 Å². The zero-order chi connectivity index (χ0) is 75.0. The number of aliphatic hydroxyl groups is 8. The summed E-state index contributed by atoms with van der Waals surface area (Å²) >= 11 is 2.48. The van der Waals surface area contributed by atoms with Crippen LogP contribution in [0.3, 0.4) is 0 Å². The van der Waals surface area contributed by atoms with E-state index in [9.17, 15) is 79.2 Å². The molecule has 44 heteroatoms. The third kappa shape index (κ3) is 23.3. The van der Waals surface area contributed by atoms with Crippen LogP contribution in [-0.4, -0.2) is 279 Å². The van der Waals surface area contributed by atoms with E-state index in [1.54, 1.807) is 10.8 Å². The number of nitrogens with zero attached hydrogens (tertiary/aromatic N) is 5. The SMILES string of the molecule is Cc1c(N)nc(C(CC(N)=O)NCC(N)C(N)=O)nc1C(=O)NC(C(=O)NC(C)C(O)C(C)C(=O)NC(C(=O)NCCc1nc(-c2nc(C(=O)NCCC[S+](C)CC(=O)NC3CC3)cs2)cs1)C(C)O)C(O[C@@H]1O[C@@H](CO)[C@@H](O)[C@@H](O)[C@@H]1O[C@H]1O[C@H](CO)[C@@H](O)[C@@H](OC(N)=O)[C@@H]1O)c1cnc[nH]1.[Br-]. The van der Waals surface area contributed by atoms with Gasteiger partial charge in [0.25, 0.3) is 17.7 Å². The Bertz CT molecular complexity index is 3530. The summed E-state index contributed by atoms with van der Waals surface area (Å²) in [6, 6.07) is -7.59. The van der Waals surface area contributed by atoms with Crippen molar-refractivity contribution in [1.82, 2.24) is 67.1 Å². The van der Waals surface area contributed by atoms with Crippen LogP contribution in [0.25, 0.3) is 10.7 Å². The first kappa shape index (κ1) is 84.6. The summed E-state index contributed by atoms with van der Waals surface area (Å²) in [7, 11) is -0.131. The Kier molecular flexibility index (Phi) is 32.1. The molecular weight excluding hydrogens is 1490 g/mol. The van der Waals surface area contributed by atoms with E-state index < -0.39 is 183 Å². The molecule has 0 spiro atoms. The van der Waals surface area contributed by atoms with Gasteiger partial charge in [0.2, 0.25) is 29.5 Å². The second-order valence-electron chi connectivity index (χ2n) is 24.6. The Morgan fingerprint density at radius 2 is 1.49 bits per heavy atom. The van der Waals surface area contributed by atoms with E-state index >= 15 is 4.79 Å². The van der Waals surface area contributed by atoms with Gasteiger partial charge in [-0.3, -0.25) is 38.4 Å². The van der Waals surface area contributed by atoms with Crippen molar-refractivity contribution in [2.75, 3.05) is 56.3 Å². The van der Waals surface area contributed by atoms with Crippen molar-refractivity contribution in [3.8, 4) is 10.7 Å². The van der Waals surface area contributed by atoms with Crippen molar-refractivity contribution in [2.45, 2.75) is 176 Å². The van der Waals surface area contributed by atoms with Gasteiger partial charge in [-0.05, 0) is 44.5 Å². The smallest absolute Gasteiger partial charge is 0.404 e. The molecule has 2 saturated heterocycles. The molecule has 3 fully saturated rings. The molecule has 7 rings (SSSR count). The summed E-state index contributed by atoms with van der Waals surface area (Å²) in [5, 5.41) is 111. The highest BCUT2D eigenvalue weighted by molar-refractivity contribution is 7.96. The van der Waals surface area contributed by atoms with Gasteiger partial charge in [-0.15, -0.1) is 22.7 Å². The summed E-state index contributed by atoms with van der Waals surface area (Å²) < 4.78 is 28.8. The highest BCUT2D eigenvalue weighted by atomic mass is 79.9. The summed E-state index contributed by atoms with van der Waals surface area (Å²) in [4.78, 5) is 143. The first-order valence-corrected chi connectivity index (χ1v) is 35.9. The minimum Gasteiger partial charge on any atom is -1.00 e. The van der Waals surface area contributed by atoms with E-state index in [0.29, 0.717) is 40.5 Å². The number of hydrogen-bond donors (Lipinski definition) is 21. The standard InChI is InChI=1S/C59H88N18O22S3.BrH/c1-22-37(74-50(77-48(22)62)28(13-34(61)81)68-14-27(60)49(63)88)54(92)76-39(45(29-15-65-21-69-29)97-58-47(43(86)41(84)32(16-78)96-58)98-57-44(87)46(99-59(64)94)42(85)33(17-79)95-57)55(93)70-24(3)40(83)23(2)51(89)75-38(25(4)80)53(91)67-11-9-36-72-31(19-100-36)56-73-30(18-101-56)52(90)66-10-6-12-102(5)20-35(82)71-26-7-8-26;/h15,18-19,21,23-28,32-33,38-47,57-58,68,78-80,83-87H,6-14,16-17,20,60H2,1-5H3,(H14-,61,62,63,64,65,66,67,69,70,71,74,75,76,77,81,82,88,89,90,91,92,93,94);1H/t23?,24?,25?,27?,28?,32-,33+,38?,39?,40?,41+,42+,43+,44-,45?,46+,47-,57+,58-,102?;/m0./s1. The van der Waals surface area contributed by atoms with Crippen LogP contribution >= 0.6 is 22.7 Å². The number of aromatic amines is 1. The molecule has 3 aliphatic rings. The van der Waals surface area contributed by atoms with E-state index in [1.807, 2.05) is 6.26 Å². The van der Waals surface area contributed by atoms with E-state index in [1.165, 1.54) is 50.4 Å². The number of nitrogen functional groups attached to an aromatic ring is 1. The third-order valence-electron chi connectivity index (χ3n) is 16.5. The maximum atomic E-state index is 15.2. The molecule has 26 N–H and O–H groups in total. The number of H-pyrrole nitrogens is 1. The molecule has 40 nitrogen and oxygen atoms in total. The number of carbonyl (C=O) groups excluding carboxylic acids is 9. The van der Waals surface area contributed by atoms with Gasteiger partial charge in [-0.2, -0.15) is 0 Å². The zero-order valence-corrected chi connectivity index (χ0v) is 60.4. The molecular formula is C59H89BrN18O22S3. The third-order valence-corrected chi connectivity index (χ3v) is 20.1. The number of imidazole rings is 1. The van der Waals surface area contributed by atoms with Gasteiger partial charge < -0.3 is 152 Å². The Hall–Kier alpha value is -7.35. The van der Waals surface area contributed by atoms with Crippen molar-refractivity contribution in [3.63, 3.8) is 0 Å². The monoisotopic (exact) mass is 1580 g/mol. The van der Waals surface area contributed by atoms with Gasteiger partial charge in [-0.25, -0.2) is 29.7 Å². The number of rotatable bonds is 38. The zero-order valence-electron chi connectivity index (χ0n) is 56.4. The number of ether oxygens (including phenoxy) is 5. The van der Waals surface area contributed by atoms with Crippen molar-refractivity contribution in [3.05, 3.63) is 56.8 Å². The molecule has 572 valence electrons. The lowest BCUT2D eigenvalue weighted by Gasteiger charge is -2.47. The van der Waals surface area contributed by atoms with Crippen LogP contribution in [0, 0.1) is 12.8 Å². The van der Waals surface area contributed by atoms with E-state index in [-0.39, 0.29) is 87.8 Å². The second-order valence-corrected chi connectivity index (χ2v) is 28.7. The van der Waals surface area contributed by atoms with Crippen LogP contribution in [0.5, 0.6) is 0 Å². The Balaban J connectivity index is 0.0000167. The summed E-state index contributed by atoms with van der Waals surface area (Å²) in [5.74, 6) is -7.52. The van der Waals surface area contributed by atoms with Crippen LogP contribution in [0.1, 0.15) is 102 Å². The molecule has 103 heavy (non-hydrogen) atoms. The number of aromatic nitrogens is 6. The first-order chi connectivity index (χ1) is 48.3. The molecule has 4 aromatic heterocycles. The van der Waals surface area contributed by atoms with Crippen molar-refractivity contribution in [2.24, 2.45) is 28.9 Å². The predicted octanol–water partition coefficient (Wildman–Crippen LogP) is -11.1. The van der Waals surface area contributed by atoms with E-state index in [2.05, 4.69) is 67.1 Å². The van der Waals surface area contributed by atoms with E-state index in [0.717, 1.165) is 31.1 Å². The molecule has 0 radical (unpaired) electrons. The number of thiazole rings is 2. The Morgan fingerprint density at radius 1 is 0.796 bits per heavy atom. The molecule has 1 saturated carbocycles. The number of amides is 9. The number of carbonyl (C=O) groups is 9. The molecule has 20 atom stereocenters. The minimum atomic E-state index is -2.20. The normalized spacial score (nSPS) is 24.0. The maximum Gasteiger partial charge on any atom is 0.404 e. The number of halogens is 1. The van der Waals surface area contributed by atoms with Crippen LogP contribution < -0.4 is 82.9 Å². The van der Waals surface area contributed by atoms with Crippen LogP contribution in [0.2, 0.25) is 0 Å². The average molecular weight is 1580 g/mol. The molecule has 1 aliphatic carbocycles. The minimum absolute atomic E-state index is 0. The quantitative estimate of drug-likeness (QED) is 0.0146. The fraction of sp³-hybridized carbons (Fsp3) is 0.627. The number of aliphatic hydroxyl groups excluding tert-OH is 8. The summed E-state index contributed by atoms with van der Waals surface area (Å²) in [6.07, 6.45) is -20.5. The lowest BCUT2D eigenvalue weighted by atomic mass is 9.96. The number of nitrogens with two attached hydrogens (primary N) is 5. The number of anilines is 1. The number of primary amides is 3. The fourth-order valence-electron chi connectivity index (χ4n) is 10.5. The van der Waals surface area contributed by atoms with Crippen molar-refractivity contribution in [1.29, 1.82) is 0 Å². The maximum absolute atomic E-state index is 15.2. The highest BCUT2D eigenvalue weighted by Crippen LogP contribution is 2.35. The van der Waals surface area contributed by atoms with Gasteiger partial charge in [0, 0.05) is 61.3 Å². The average Bonchev–Trinajstić information content (AvgIpc) is 1.76. The summed E-state index contributed by atoms with van der Waals surface area (Å²) in [5.41, 5.74) is 28.0. The van der Waals surface area contributed by atoms with Crippen LogP contribution in [-0.2, 0) is 69.8 Å². The van der Waals surface area contributed by atoms with Gasteiger partial charge in [0.15, 0.2) is 24.4 Å². The Labute approximate surface area is 609 Å². The molecule has 0 aromatic carbocycles. The van der Waals surface area contributed by atoms with E-state index in [4.69, 9.17) is 52.4 Å². The molecule has 6 heterocycles. The number of nitrogens with one attached hydrogen (secondary N) is 8. The number of hydrogen-bond acceptors (Lipinski definition) is 32.